The van der Waals surface area contributed by atoms with Crippen molar-refractivity contribution in [2.75, 3.05) is 31.1 Å². The first-order valence-corrected chi connectivity index (χ1v) is 7.04. The van der Waals surface area contributed by atoms with Crippen LogP contribution in [0.25, 0.3) is 0 Å². The van der Waals surface area contributed by atoms with Gasteiger partial charge in [-0.25, -0.2) is 9.97 Å². The average molecular weight is 261 g/mol. The summed E-state index contributed by atoms with van der Waals surface area (Å²) in [4.78, 5) is 11.6. The lowest BCUT2D eigenvalue weighted by Gasteiger charge is -2.23. The van der Waals surface area contributed by atoms with Gasteiger partial charge in [-0.05, 0) is 38.7 Å². The van der Waals surface area contributed by atoms with Crippen molar-refractivity contribution in [3.05, 3.63) is 17.5 Å². The maximum atomic E-state index is 6.17. The molecule has 0 unspecified atom stereocenters. The SMILES string of the molecule is Cc1cc(C(C)(C)N)nc(N2C[C@H]3CNC[C@H]3C2)n1. The van der Waals surface area contributed by atoms with Gasteiger partial charge in [0.25, 0.3) is 0 Å². The standard InChI is InChI=1S/C14H23N5/c1-9-4-12(14(2,3)15)18-13(17-9)19-7-10-5-16-6-11(10)8-19/h4,10-11,16H,5-8,15H2,1-3H3/t10-,11+. The van der Waals surface area contributed by atoms with Crippen LogP contribution >= 0.6 is 0 Å². The Kier molecular flexibility index (Phi) is 2.98. The van der Waals surface area contributed by atoms with E-state index in [2.05, 4.69) is 20.2 Å². The second-order valence-electron chi connectivity index (χ2n) is 6.50. The summed E-state index contributed by atoms with van der Waals surface area (Å²) in [5.41, 5.74) is 7.66. The zero-order valence-electron chi connectivity index (χ0n) is 12.0. The van der Waals surface area contributed by atoms with E-state index in [4.69, 9.17) is 5.73 Å². The molecule has 0 radical (unpaired) electrons. The predicted molar refractivity (Wildman–Crippen MR) is 76.0 cm³/mol. The summed E-state index contributed by atoms with van der Waals surface area (Å²) in [6.07, 6.45) is 0. The first-order chi connectivity index (χ1) is 8.93. The lowest BCUT2D eigenvalue weighted by molar-refractivity contribution is 0.531. The molecule has 104 valence electrons. The van der Waals surface area contributed by atoms with Crippen molar-refractivity contribution < 1.29 is 0 Å². The lowest BCUT2D eigenvalue weighted by Crippen LogP contribution is -2.32. The molecule has 2 fully saturated rings. The second-order valence-corrected chi connectivity index (χ2v) is 6.50. The van der Waals surface area contributed by atoms with Crippen molar-refractivity contribution in [3.8, 4) is 0 Å². The van der Waals surface area contributed by atoms with E-state index in [1.807, 2.05) is 26.8 Å². The number of anilines is 1. The lowest BCUT2D eigenvalue weighted by atomic mass is 10.0. The molecule has 0 amide bonds. The van der Waals surface area contributed by atoms with Crippen molar-refractivity contribution in [2.24, 2.45) is 17.6 Å². The summed E-state index contributed by atoms with van der Waals surface area (Å²) >= 11 is 0. The molecule has 3 N–H and O–H groups in total. The maximum absolute atomic E-state index is 6.17. The van der Waals surface area contributed by atoms with E-state index < -0.39 is 5.54 Å². The highest BCUT2D eigenvalue weighted by atomic mass is 15.3. The highest BCUT2D eigenvalue weighted by Crippen LogP contribution is 2.29. The molecule has 0 spiro atoms. The van der Waals surface area contributed by atoms with Crippen LogP contribution in [0.4, 0.5) is 5.95 Å². The van der Waals surface area contributed by atoms with Crippen molar-refractivity contribution >= 4 is 5.95 Å². The maximum Gasteiger partial charge on any atom is 0.225 e. The number of fused-ring (bicyclic) bond motifs is 1. The van der Waals surface area contributed by atoms with Crippen LogP contribution in [-0.4, -0.2) is 36.1 Å². The van der Waals surface area contributed by atoms with Gasteiger partial charge < -0.3 is 16.0 Å². The summed E-state index contributed by atoms with van der Waals surface area (Å²) in [6.45, 7) is 10.4. The van der Waals surface area contributed by atoms with Crippen LogP contribution < -0.4 is 16.0 Å². The van der Waals surface area contributed by atoms with Gasteiger partial charge in [-0.2, -0.15) is 0 Å². The minimum atomic E-state index is -0.417. The van der Waals surface area contributed by atoms with Crippen molar-refractivity contribution in [1.29, 1.82) is 0 Å². The Morgan fingerprint density at radius 3 is 2.47 bits per heavy atom. The average Bonchev–Trinajstić information content (AvgIpc) is 2.86. The molecule has 2 aliphatic heterocycles. The highest BCUT2D eigenvalue weighted by molar-refractivity contribution is 5.36. The molecule has 19 heavy (non-hydrogen) atoms. The molecule has 1 aromatic rings. The van der Waals surface area contributed by atoms with Crippen molar-refractivity contribution in [3.63, 3.8) is 0 Å². The topological polar surface area (TPSA) is 67.1 Å². The van der Waals surface area contributed by atoms with E-state index in [0.717, 1.165) is 55.4 Å². The van der Waals surface area contributed by atoms with Gasteiger partial charge in [0.2, 0.25) is 5.95 Å². The zero-order chi connectivity index (χ0) is 13.6. The minimum absolute atomic E-state index is 0.417. The third-order valence-corrected chi connectivity index (χ3v) is 4.17. The Labute approximate surface area is 114 Å². The molecule has 0 saturated carbocycles. The largest absolute Gasteiger partial charge is 0.340 e. The number of aryl methyl sites for hydroxylation is 1. The molecule has 2 saturated heterocycles. The van der Waals surface area contributed by atoms with Crippen molar-refractivity contribution in [2.45, 2.75) is 26.3 Å². The van der Waals surface area contributed by atoms with Gasteiger partial charge in [-0.1, -0.05) is 0 Å². The summed E-state index contributed by atoms with van der Waals surface area (Å²) < 4.78 is 0. The van der Waals surface area contributed by atoms with Gasteiger partial charge >= 0.3 is 0 Å². The fourth-order valence-electron chi connectivity index (χ4n) is 3.04. The van der Waals surface area contributed by atoms with Gasteiger partial charge in [0, 0.05) is 31.9 Å². The van der Waals surface area contributed by atoms with Crippen LogP contribution in [0.5, 0.6) is 0 Å². The van der Waals surface area contributed by atoms with E-state index >= 15 is 0 Å². The van der Waals surface area contributed by atoms with Crippen LogP contribution in [0.3, 0.4) is 0 Å². The number of hydrogen-bond donors (Lipinski definition) is 2. The Bertz CT molecular complexity index is 467. The first-order valence-electron chi connectivity index (χ1n) is 7.04. The normalized spacial score (nSPS) is 26.8. The smallest absolute Gasteiger partial charge is 0.225 e. The molecule has 0 aromatic carbocycles. The fraction of sp³-hybridized carbons (Fsp3) is 0.714. The van der Waals surface area contributed by atoms with E-state index in [0.29, 0.717) is 0 Å². The van der Waals surface area contributed by atoms with Crippen LogP contribution in [0.2, 0.25) is 0 Å². The molecular weight excluding hydrogens is 238 g/mol. The van der Waals surface area contributed by atoms with Crippen molar-refractivity contribution in [1.82, 2.24) is 15.3 Å². The Morgan fingerprint density at radius 2 is 1.89 bits per heavy atom. The van der Waals surface area contributed by atoms with Gasteiger partial charge in [0.15, 0.2) is 0 Å². The summed E-state index contributed by atoms with van der Waals surface area (Å²) in [7, 11) is 0. The Balaban J connectivity index is 1.87. The molecule has 2 aliphatic rings. The summed E-state index contributed by atoms with van der Waals surface area (Å²) in [5.74, 6) is 2.35. The number of aromatic nitrogens is 2. The third-order valence-electron chi connectivity index (χ3n) is 4.17. The van der Waals surface area contributed by atoms with E-state index in [9.17, 15) is 0 Å². The minimum Gasteiger partial charge on any atom is -0.340 e. The monoisotopic (exact) mass is 261 g/mol. The Hall–Kier alpha value is -1.20. The predicted octanol–water partition coefficient (Wildman–Crippen LogP) is 0.634. The van der Waals surface area contributed by atoms with Crippen LogP contribution in [0.1, 0.15) is 25.2 Å². The molecule has 3 heterocycles. The Morgan fingerprint density at radius 1 is 1.26 bits per heavy atom. The summed E-state index contributed by atoms with van der Waals surface area (Å²) in [5, 5.41) is 3.46. The number of nitrogens with two attached hydrogens (primary N) is 1. The van der Waals surface area contributed by atoms with Crippen LogP contribution in [-0.2, 0) is 5.54 Å². The molecule has 2 atom stereocenters. The highest BCUT2D eigenvalue weighted by Gasteiger charge is 2.37. The van der Waals surface area contributed by atoms with Gasteiger partial charge in [-0.3, -0.25) is 0 Å². The zero-order valence-corrected chi connectivity index (χ0v) is 12.0. The van der Waals surface area contributed by atoms with Gasteiger partial charge in [0.1, 0.15) is 0 Å². The van der Waals surface area contributed by atoms with E-state index in [1.54, 1.807) is 0 Å². The van der Waals surface area contributed by atoms with E-state index in [1.165, 1.54) is 0 Å². The summed E-state index contributed by atoms with van der Waals surface area (Å²) in [6, 6.07) is 1.99. The number of hydrogen-bond acceptors (Lipinski definition) is 5. The second kappa shape index (κ2) is 4.42. The first kappa shape index (κ1) is 12.8. The van der Waals surface area contributed by atoms with Crippen LogP contribution in [0.15, 0.2) is 6.07 Å². The molecule has 5 heteroatoms. The number of rotatable bonds is 2. The molecular formula is C14H23N5. The molecule has 1 aromatic heterocycles. The van der Waals surface area contributed by atoms with Crippen LogP contribution in [0, 0.1) is 18.8 Å². The fourth-order valence-corrected chi connectivity index (χ4v) is 3.04. The molecule has 3 rings (SSSR count). The third kappa shape index (κ3) is 2.44. The number of nitrogens with one attached hydrogen (secondary N) is 1. The van der Waals surface area contributed by atoms with E-state index in [-0.39, 0.29) is 0 Å². The van der Waals surface area contributed by atoms with Gasteiger partial charge in [0.05, 0.1) is 11.2 Å². The molecule has 0 aliphatic carbocycles. The van der Waals surface area contributed by atoms with Gasteiger partial charge in [-0.15, -0.1) is 0 Å². The molecule has 0 bridgehead atoms. The number of nitrogens with zero attached hydrogens (tertiary/aromatic N) is 3. The molecule has 5 nitrogen and oxygen atoms in total. The quantitative estimate of drug-likeness (QED) is 0.817.